The van der Waals surface area contributed by atoms with Crippen molar-refractivity contribution in [3.05, 3.63) is 57.7 Å². The molecule has 19 heavy (non-hydrogen) atoms. The summed E-state index contributed by atoms with van der Waals surface area (Å²) in [6.07, 6.45) is 0. The lowest BCUT2D eigenvalue weighted by Crippen LogP contribution is -2.14. The first-order valence-corrected chi connectivity index (χ1v) is 6.99. The Balaban J connectivity index is 2.20. The molecule has 0 heterocycles. The zero-order chi connectivity index (χ0) is 13.8. The molecule has 0 saturated heterocycles. The molecule has 2 aromatic carbocycles. The maximum Gasteiger partial charge on any atom is 0.256 e. The minimum atomic E-state index is -0.0825. The van der Waals surface area contributed by atoms with Crippen molar-refractivity contribution in [2.75, 3.05) is 24.3 Å². The van der Waals surface area contributed by atoms with Crippen LogP contribution in [0.25, 0.3) is 0 Å². The van der Waals surface area contributed by atoms with Crippen molar-refractivity contribution >= 4 is 39.9 Å². The average molecular weight is 366 g/mol. The van der Waals surface area contributed by atoms with Gasteiger partial charge in [0.05, 0.1) is 5.56 Å². The minimum absolute atomic E-state index is 0.0825. The van der Waals surface area contributed by atoms with Crippen molar-refractivity contribution in [3.63, 3.8) is 0 Å². The first-order valence-electron chi connectivity index (χ1n) is 5.91. The largest absolute Gasteiger partial charge is 0.378 e. The van der Waals surface area contributed by atoms with Gasteiger partial charge in [-0.2, -0.15) is 0 Å². The van der Waals surface area contributed by atoms with E-state index >= 15 is 0 Å². The second-order valence-corrected chi connectivity index (χ2v) is 5.54. The van der Waals surface area contributed by atoms with Gasteiger partial charge in [-0.25, -0.2) is 0 Å². The maximum absolute atomic E-state index is 12.2. The number of carbonyl (C=O) groups excluding carboxylic acids is 1. The van der Waals surface area contributed by atoms with Crippen LogP contribution in [0.2, 0.25) is 0 Å². The first kappa shape index (κ1) is 13.9. The maximum atomic E-state index is 12.2. The summed E-state index contributed by atoms with van der Waals surface area (Å²) in [5.74, 6) is -0.0825. The van der Waals surface area contributed by atoms with Gasteiger partial charge in [0.15, 0.2) is 0 Å². The number of halogens is 1. The smallest absolute Gasteiger partial charge is 0.256 e. The number of amides is 1. The number of hydrogen-bond acceptors (Lipinski definition) is 2. The van der Waals surface area contributed by atoms with E-state index in [0.717, 1.165) is 14.9 Å². The number of anilines is 2. The second kappa shape index (κ2) is 6.06. The highest BCUT2D eigenvalue weighted by Gasteiger charge is 2.09. The average Bonchev–Trinajstić information content (AvgIpc) is 2.39. The SMILES string of the molecule is CN(C)c1cccc(NC(=O)c2ccccc2I)c1. The molecule has 0 aliphatic carbocycles. The van der Waals surface area contributed by atoms with Gasteiger partial charge in [-0.3, -0.25) is 4.79 Å². The van der Waals surface area contributed by atoms with Crippen LogP contribution in [0, 0.1) is 3.57 Å². The molecule has 4 heteroatoms. The standard InChI is InChI=1S/C15H15IN2O/c1-18(2)12-7-5-6-11(10-12)17-15(19)13-8-3-4-9-14(13)16/h3-10H,1-2H3,(H,17,19). The zero-order valence-electron chi connectivity index (χ0n) is 10.9. The third-order valence-electron chi connectivity index (χ3n) is 2.74. The van der Waals surface area contributed by atoms with E-state index < -0.39 is 0 Å². The molecule has 0 atom stereocenters. The van der Waals surface area contributed by atoms with Gasteiger partial charge in [0.1, 0.15) is 0 Å². The van der Waals surface area contributed by atoms with Crippen LogP contribution >= 0.6 is 22.6 Å². The minimum Gasteiger partial charge on any atom is -0.378 e. The molecule has 0 aliphatic heterocycles. The van der Waals surface area contributed by atoms with Gasteiger partial charge in [-0.05, 0) is 52.9 Å². The van der Waals surface area contributed by atoms with Crippen molar-refractivity contribution in [1.82, 2.24) is 0 Å². The van der Waals surface area contributed by atoms with Gasteiger partial charge >= 0.3 is 0 Å². The van der Waals surface area contributed by atoms with E-state index in [9.17, 15) is 4.79 Å². The van der Waals surface area contributed by atoms with E-state index in [1.807, 2.05) is 67.5 Å². The molecule has 0 spiro atoms. The van der Waals surface area contributed by atoms with E-state index in [0.29, 0.717) is 5.56 Å². The summed E-state index contributed by atoms with van der Waals surface area (Å²) in [5.41, 5.74) is 2.55. The van der Waals surface area contributed by atoms with Crippen LogP contribution in [-0.4, -0.2) is 20.0 Å². The zero-order valence-corrected chi connectivity index (χ0v) is 13.0. The lowest BCUT2D eigenvalue weighted by Gasteiger charge is -2.14. The monoisotopic (exact) mass is 366 g/mol. The third-order valence-corrected chi connectivity index (χ3v) is 3.68. The number of rotatable bonds is 3. The molecular weight excluding hydrogens is 351 g/mol. The molecule has 0 unspecified atom stereocenters. The van der Waals surface area contributed by atoms with E-state index in [2.05, 4.69) is 27.9 Å². The van der Waals surface area contributed by atoms with Crippen LogP contribution in [0.15, 0.2) is 48.5 Å². The Kier molecular flexibility index (Phi) is 4.42. The van der Waals surface area contributed by atoms with Crippen molar-refractivity contribution < 1.29 is 4.79 Å². The topological polar surface area (TPSA) is 32.3 Å². The van der Waals surface area contributed by atoms with E-state index in [-0.39, 0.29) is 5.91 Å². The van der Waals surface area contributed by atoms with Gasteiger partial charge in [0, 0.05) is 29.0 Å². The Hall–Kier alpha value is -1.56. The normalized spacial score (nSPS) is 10.1. The first-order chi connectivity index (χ1) is 9.08. The molecule has 3 nitrogen and oxygen atoms in total. The number of nitrogens with one attached hydrogen (secondary N) is 1. The lowest BCUT2D eigenvalue weighted by molar-refractivity contribution is 0.102. The van der Waals surface area contributed by atoms with Gasteiger partial charge in [-0.1, -0.05) is 18.2 Å². The van der Waals surface area contributed by atoms with Gasteiger partial charge in [0.25, 0.3) is 5.91 Å². The summed E-state index contributed by atoms with van der Waals surface area (Å²) in [6, 6.07) is 15.3. The van der Waals surface area contributed by atoms with Crippen LogP contribution in [0.4, 0.5) is 11.4 Å². The molecule has 0 aromatic heterocycles. The van der Waals surface area contributed by atoms with E-state index in [1.165, 1.54) is 0 Å². The van der Waals surface area contributed by atoms with Gasteiger partial charge in [0.2, 0.25) is 0 Å². The Morgan fingerprint density at radius 2 is 1.84 bits per heavy atom. The van der Waals surface area contributed by atoms with Crippen LogP contribution in [0.3, 0.4) is 0 Å². The third kappa shape index (κ3) is 3.47. The summed E-state index contributed by atoms with van der Waals surface area (Å²) in [4.78, 5) is 14.2. The number of nitrogens with zero attached hydrogens (tertiary/aromatic N) is 1. The Morgan fingerprint density at radius 1 is 1.11 bits per heavy atom. The van der Waals surface area contributed by atoms with Crippen molar-refractivity contribution in [1.29, 1.82) is 0 Å². The van der Waals surface area contributed by atoms with Crippen LogP contribution in [-0.2, 0) is 0 Å². The summed E-state index contributed by atoms with van der Waals surface area (Å²) in [6.45, 7) is 0. The Morgan fingerprint density at radius 3 is 2.53 bits per heavy atom. The van der Waals surface area contributed by atoms with Crippen LogP contribution < -0.4 is 10.2 Å². The molecule has 98 valence electrons. The van der Waals surface area contributed by atoms with Gasteiger partial charge < -0.3 is 10.2 Å². The molecule has 2 rings (SSSR count). The predicted molar refractivity (Wildman–Crippen MR) is 87.9 cm³/mol. The molecule has 0 bridgehead atoms. The van der Waals surface area contributed by atoms with E-state index in [4.69, 9.17) is 0 Å². The number of benzene rings is 2. The molecule has 0 fully saturated rings. The number of carbonyl (C=O) groups is 1. The van der Waals surface area contributed by atoms with Gasteiger partial charge in [-0.15, -0.1) is 0 Å². The van der Waals surface area contributed by atoms with Crippen molar-refractivity contribution in [2.45, 2.75) is 0 Å². The fraction of sp³-hybridized carbons (Fsp3) is 0.133. The lowest BCUT2D eigenvalue weighted by atomic mass is 10.2. The molecule has 0 radical (unpaired) electrons. The number of hydrogen-bond donors (Lipinski definition) is 1. The summed E-state index contributed by atoms with van der Waals surface area (Å²) in [5, 5.41) is 2.92. The highest BCUT2D eigenvalue weighted by molar-refractivity contribution is 14.1. The molecular formula is C15H15IN2O. The molecule has 0 saturated carbocycles. The highest BCUT2D eigenvalue weighted by atomic mass is 127. The Labute approximate surface area is 126 Å². The fourth-order valence-corrected chi connectivity index (χ4v) is 2.34. The molecule has 0 aliphatic rings. The summed E-state index contributed by atoms with van der Waals surface area (Å²) in [7, 11) is 3.95. The quantitative estimate of drug-likeness (QED) is 0.842. The van der Waals surface area contributed by atoms with Crippen LogP contribution in [0.5, 0.6) is 0 Å². The second-order valence-electron chi connectivity index (χ2n) is 4.38. The summed E-state index contributed by atoms with van der Waals surface area (Å²) >= 11 is 2.17. The highest BCUT2D eigenvalue weighted by Crippen LogP contribution is 2.19. The molecule has 1 N–H and O–H groups in total. The molecule has 1 amide bonds. The van der Waals surface area contributed by atoms with Crippen molar-refractivity contribution in [2.24, 2.45) is 0 Å². The predicted octanol–water partition coefficient (Wildman–Crippen LogP) is 3.61. The van der Waals surface area contributed by atoms with Crippen LogP contribution in [0.1, 0.15) is 10.4 Å². The van der Waals surface area contributed by atoms with Crippen molar-refractivity contribution in [3.8, 4) is 0 Å². The van der Waals surface area contributed by atoms with E-state index in [1.54, 1.807) is 0 Å². The Bertz CT molecular complexity index is 596. The molecule has 2 aromatic rings. The fourth-order valence-electron chi connectivity index (χ4n) is 1.71. The summed E-state index contributed by atoms with van der Waals surface area (Å²) < 4.78 is 0.946.